The molecule has 8 nitrogen and oxygen atoms in total. The zero-order chi connectivity index (χ0) is 16.9. The number of nitrogens with zero attached hydrogens (tertiary/aromatic N) is 2. The van der Waals surface area contributed by atoms with Crippen molar-refractivity contribution in [3.8, 4) is 0 Å². The Bertz CT molecular complexity index is 650. The van der Waals surface area contributed by atoms with E-state index in [9.17, 15) is 13.2 Å². The third kappa shape index (κ3) is 6.12. The third-order valence-corrected chi connectivity index (χ3v) is 4.25. The van der Waals surface area contributed by atoms with E-state index in [1.54, 1.807) is 11.1 Å². The molecule has 1 fully saturated rings. The van der Waals surface area contributed by atoms with E-state index in [2.05, 4.69) is 9.71 Å². The Morgan fingerprint density at radius 2 is 2.35 bits per heavy atom. The van der Waals surface area contributed by atoms with Gasteiger partial charge in [0.15, 0.2) is 0 Å². The topological polar surface area (TPSA) is 115 Å². The normalized spacial score (nSPS) is 18.8. The summed E-state index contributed by atoms with van der Waals surface area (Å²) in [5.74, 6) is 0.243. The minimum absolute atomic E-state index is 0.0691. The van der Waals surface area contributed by atoms with Crippen molar-refractivity contribution >= 4 is 21.7 Å². The van der Waals surface area contributed by atoms with Crippen LogP contribution in [0, 0.1) is 0 Å². The van der Waals surface area contributed by atoms with Gasteiger partial charge in [-0.25, -0.2) is 18.1 Å². The van der Waals surface area contributed by atoms with Crippen LogP contribution in [0.2, 0.25) is 0 Å². The van der Waals surface area contributed by atoms with Crippen LogP contribution < -0.4 is 10.5 Å². The molecule has 128 valence electrons. The Balaban J connectivity index is 1.82. The molecule has 1 aromatic rings. The highest BCUT2D eigenvalue weighted by molar-refractivity contribution is 7.88. The summed E-state index contributed by atoms with van der Waals surface area (Å²) in [6.45, 7) is 1.17. The molecule has 0 unspecified atom stereocenters. The number of nitrogens with two attached hydrogens (primary N) is 1. The van der Waals surface area contributed by atoms with Gasteiger partial charge in [0.1, 0.15) is 5.82 Å². The number of ether oxygens (including phenoxy) is 1. The van der Waals surface area contributed by atoms with E-state index >= 15 is 0 Å². The number of hydrogen-bond acceptors (Lipinski definition) is 6. The average Bonchev–Trinajstić information content (AvgIpc) is 2.50. The molecule has 0 aliphatic carbocycles. The van der Waals surface area contributed by atoms with Crippen LogP contribution >= 0.6 is 0 Å². The SMILES string of the molecule is CS(=O)(=O)NCC(=O)N1CCO[C@H](CCc2ccnc(N)c2)C1. The van der Waals surface area contributed by atoms with Crippen LogP contribution in [0.1, 0.15) is 12.0 Å². The van der Waals surface area contributed by atoms with Gasteiger partial charge in [0.2, 0.25) is 15.9 Å². The van der Waals surface area contributed by atoms with E-state index in [-0.39, 0.29) is 18.6 Å². The van der Waals surface area contributed by atoms with Gasteiger partial charge in [-0.05, 0) is 30.5 Å². The molecule has 2 heterocycles. The Kier molecular flexibility index (Phi) is 5.91. The van der Waals surface area contributed by atoms with Gasteiger partial charge in [-0.15, -0.1) is 0 Å². The lowest BCUT2D eigenvalue weighted by Gasteiger charge is -2.33. The number of aryl methyl sites for hydroxylation is 1. The number of nitrogens with one attached hydrogen (secondary N) is 1. The lowest BCUT2D eigenvalue weighted by Crippen LogP contribution is -2.49. The Hall–Kier alpha value is -1.71. The molecule has 1 aliphatic rings. The summed E-state index contributed by atoms with van der Waals surface area (Å²) in [7, 11) is -3.37. The van der Waals surface area contributed by atoms with Gasteiger partial charge in [0, 0.05) is 19.3 Å². The van der Waals surface area contributed by atoms with Gasteiger partial charge < -0.3 is 15.4 Å². The minimum Gasteiger partial charge on any atom is -0.384 e. The summed E-state index contributed by atoms with van der Waals surface area (Å²) in [6.07, 6.45) is 4.16. The smallest absolute Gasteiger partial charge is 0.237 e. The molecule has 0 saturated carbocycles. The van der Waals surface area contributed by atoms with Gasteiger partial charge in [-0.1, -0.05) is 0 Å². The molecule has 1 amide bonds. The lowest BCUT2D eigenvalue weighted by molar-refractivity contribution is -0.137. The van der Waals surface area contributed by atoms with Crippen molar-refractivity contribution in [2.75, 3.05) is 38.2 Å². The molecular weight excluding hydrogens is 320 g/mol. The maximum atomic E-state index is 12.0. The lowest BCUT2D eigenvalue weighted by atomic mass is 10.1. The number of morpholine rings is 1. The van der Waals surface area contributed by atoms with Gasteiger partial charge >= 0.3 is 0 Å². The molecule has 0 bridgehead atoms. The summed E-state index contributed by atoms with van der Waals surface area (Å²) in [4.78, 5) is 17.6. The number of carbonyl (C=O) groups excluding carboxylic acids is 1. The van der Waals surface area contributed by atoms with E-state index in [1.165, 1.54) is 0 Å². The minimum atomic E-state index is -3.37. The number of sulfonamides is 1. The molecular formula is C14H22N4O4S. The second kappa shape index (κ2) is 7.71. The highest BCUT2D eigenvalue weighted by atomic mass is 32.2. The first-order valence-electron chi connectivity index (χ1n) is 7.38. The van der Waals surface area contributed by atoms with Crippen LogP contribution in [0.15, 0.2) is 18.3 Å². The molecule has 0 aromatic carbocycles. The summed E-state index contributed by atoms with van der Waals surface area (Å²) >= 11 is 0. The molecule has 9 heteroatoms. The summed E-state index contributed by atoms with van der Waals surface area (Å²) in [6, 6.07) is 3.72. The monoisotopic (exact) mass is 342 g/mol. The summed E-state index contributed by atoms with van der Waals surface area (Å²) in [5.41, 5.74) is 6.72. The Morgan fingerprint density at radius 3 is 3.04 bits per heavy atom. The maximum Gasteiger partial charge on any atom is 0.237 e. The van der Waals surface area contributed by atoms with Crippen molar-refractivity contribution in [2.24, 2.45) is 0 Å². The molecule has 3 N–H and O–H groups in total. The Morgan fingerprint density at radius 1 is 1.57 bits per heavy atom. The predicted octanol–water partition coefficient (Wildman–Crippen LogP) is -0.627. The average molecular weight is 342 g/mol. The molecule has 0 radical (unpaired) electrons. The second-order valence-electron chi connectivity index (χ2n) is 5.55. The fraction of sp³-hybridized carbons (Fsp3) is 0.571. The Labute approximate surface area is 136 Å². The van der Waals surface area contributed by atoms with Crippen molar-refractivity contribution in [1.82, 2.24) is 14.6 Å². The van der Waals surface area contributed by atoms with Gasteiger partial charge in [-0.3, -0.25) is 4.79 Å². The largest absolute Gasteiger partial charge is 0.384 e. The van der Waals surface area contributed by atoms with Gasteiger partial charge in [0.05, 0.1) is 25.5 Å². The first kappa shape index (κ1) is 17.6. The molecule has 2 rings (SSSR count). The third-order valence-electron chi connectivity index (χ3n) is 3.58. The first-order chi connectivity index (χ1) is 10.8. The number of pyridine rings is 1. The van der Waals surface area contributed by atoms with Crippen LogP contribution in [-0.2, 0) is 26.0 Å². The maximum absolute atomic E-state index is 12.0. The molecule has 0 spiro atoms. The summed E-state index contributed by atoms with van der Waals surface area (Å²) in [5, 5.41) is 0. The molecule has 1 aliphatic heterocycles. The van der Waals surface area contributed by atoms with E-state index in [1.807, 2.05) is 12.1 Å². The number of anilines is 1. The quantitative estimate of drug-likeness (QED) is 0.711. The fourth-order valence-electron chi connectivity index (χ4n) is 2.40. The number of carbonyl (C=O) groups is 1. The predicted molar refractivity (Wildman–Crippen MR) is 86.1 cm³/mol. The van der Waals surface area contributed by atoms with Crippen LogP contribution in [0.25, 0.3) is 0 Å². The van der Waals surface area contributed by atoms with E-state index in [4.69, 9.17) is 10.5 Å². The van der Waals surface area contributed by atoms with Gasteiger partial charge in [0.25, 0.3) is 0 Å². The van der Waals surface area contributed by atoms with Crippen molar-refractivity contribution in [3.05, 3.63) is 23.9 Å². The number of amides is 1. The van der Waals surface area contributed by atoms with Crippen molar-refractivity contribution in [3.63, 3.8) is 0 Å². The molecule has 1 atom stereocenters. The number of hydrogen-bond donors (Lipinski definition) is 2. The van der Waals surface area contributed by atoms with Crippen molar-refractivity contribution in [1.29, 1.82) is 0 Å². The summed E-state index contributed by atoms with van der Waals surface area (Å²) < 4.78 is 30.0. The van der Waals surface area contributed by atoms with Crippen LogP contribution in [0.3, 0.4) is 0 Å². The fourth-order valence-corrected chi connectivity index (χ4v) is 2.79. The number of nitrogen functional groups attached to an aromatic ring is 1. The zero-order valence-corrected chi connectivity index (χ0v) is 13.9. The van der Waals surface area contributed by atoms with Crippen LogP contribution in [0.5, 0.6) is 0 Å². The first-order valence-corrected chi connectivity index (χ1v) is 9.27. The standard InChI is InChI=1S/C14H22N4O4S/c1-23(20,21)17-9-14(19)18-6-7-22-12(10-18)3-2-11-4-5-16-13(15)8-11/h4-5,8,12,17H,2-3,6-7,9-10H2,1H3,(H2,15,16)/t12-/m1/s1. The highest BCUT2D eigenvalue weighted by Crippen LogP contribution is 2.13. The van der Waals surface area contributed by atoms with Crippen molar-refractivity contribution in [2.45, 2.75) is 18.9 Å². The van der Waals surface area contributed by atoms with Gasteiger partial charge in [-0.2, -0.15) is 0 Å². The van der Waals surface area contributed by atoms with Crippen molar-refractivity contribution < 1.29 is 17.9 Å². The van der Waals surface area contributed by atoms with E-state index in [0.29, 0.717) is 25.5 Å². The van der Waals surface area contributed by atoms with Crippen LogP contribution in [-0.4, -0.2) is 62.8 Å². The van der Waals surface area contributed by atoms with Crippen LogP contribution in [0.4, 0.5) is 5.82 Å². The molecule has 1 aromatic heterocycles. The molecule has 1 saturated heterocycles. The number of aromatic nitrogens is 1. The van der Waals surface area contributed by atoms with E-state index < -0.39 is 10.0 Å². The zero-order valence-electron chi connectivity index (χ0n) is 13.1. The van der Waals surface area contributed by atoms with E-state index in [0.717, 1.165) is 24.7 Å². The molecule has 23 heavy (non-hydrogen) atoms. The second-order valence-corrected chi connectivity index (χ2v) is 7.39. The number of rotatable bonds is 6. The highest BCUT2D eigenvalue weighted by Gasteiger charge is 2.24.